The van der Waals surface area contributed by atoms with Gasteiger partial charge in [0.1, 0.15) is 17.1 Å². The SMILES string of the molecule is CC(C)(C)OC(=O)N1CCC(c2nc(-c3ccc(F)cc3)c(-c3ccccc3)o2)CC1. The molecule has 2 aromatic carbocycles. The molecule has 1 fully saturated rings. The summed E-state index contributed by atoms with van der Waals surface area (Å²) in [6.45, 7) is 6.79. The van der Waals surface area contributed by atoms with E-state index < -0.39 is 5.60 Å². The molecule has 0 N–H and O–H groups in total. The third-order valence-corrected chi connectivity index (χ3v) is 5.29. The van der Waals surface area contributed by atoms with Crippen LogP contribution in [0.2, 0.25) is 0 Å². The number of nitrogens with zero attached hydrogens (tertiary/aromatic N) is 2. The molecule has 31 heavy (non-hydrogen) atoms. The van der Waals surface area contributed by atoms with E-state index >= 15 is 0 Å². The van der Waals surface area contributed by atoms with Crippen LogP contribution in [0.5, 0.6) is 0 Å². The zero-order valence-electron chi connectivity index (χ0n) is 18.1. The van der Waals surface area contributed by atoms with E-state index in [9.17, 15) is 9.18 Å². The molecule has 3 aromatic rings. The van der Waals surface area contributed by atoms with Crippen LogP contribution in [0.4, 0.5) is 9.18 Å². The fourth-order valence-electron chi connectivity index (χ4n) is 3.74. The summed E-state index contributed by atoms with van der Waals surface area (Å²) >= 11 is 0. The Morgan fingerprint density at radius 2 is 1.68 bits per heavy atom. The van der Waals surface area contributed by atoms with Gasteiger partial charge < -0.3 is 14.1 Å². The Kier molecular flexibility index (Phi) is 5.81. The summed E-state index contributed by atoms with van der Waals surface area (Å²) < 4.78 is 25.2. The third kappa shape index (κ3) is 4.95. The highest BCUT2D eigenvalue weighted by Gasteiger charge is 2.30. The summed E-state index contributed by atoms with van der Waals surface area (Å²) in [6.07, 6.45) is 1.21. The number of hydrogen-bond acceptors (Lipinski definition) is 4. The second-order valence-corrected chi connectivity index (χ2v) is 8.84. The van der Waals surface area contributed by atoms with Crippen molar-refractivity contribution in [2.75, 3.05) is 13.1 Å². The first-order valence-corrected chi connectivity index (χ1v) is 10.6. The molecule has 0 bridgehead atoms. The highest BCUT2D eigenvalue weighted by atomic mass is 19.1. The molecule has 1 aliphatic rings. The molecule has 0 saturated carbocycles. The fourth-order valence-corrected chi connectivity index (χ4v) is 3.74. The van der Waals surface area contributed by atoms with Gasteiger partial charge in [-0.2, -0.15) is 0 Å². The molecule has 162 valence electrons. The lowest BCUT2D eigenvalue weighted by molar-refractivity contribution is 0.0199. The highest BCUT2D eigenvalue weighted by molar-refractivity contribution is 5.76. The van der Waals surface area contributed by atoms with Crippen molar-refractivity contribution in [3.63, 3.8) is 0 Å². The quantitative estimate of drug-likeness (QED) is 0.500. The Bertz CT molecular complexity index is 1030. The van der Waals surface area contributed by atoms with Gasteiger partial charge in [0.2, 0.25) is 0 Å². The van der Waals surface area contributed by atoms with Crippen molar-refractivity contribution in [2.24, 2.45) is 0 Å². The highest BCUT2D eigenvalue weighted by Crippen LogP contribution is 2.37. The molecule has 0 radical (unpaired) electrons. The van der Waals surface area contributed by atoms with Gasteiger partial charge in [0, 0.05) is 30.1 Å². The van der Waals surface area contributed by atoms with Crippen molar-refractivity contribution in [2.45, 2.75) is 45.1 Å². The summed E-state index contributed by atoms with van der Waals surface area (Å²) in [7, 11) is 0. The molecule has 1 amide bonds. The molecule has 0 atom stereocenters. The van der Waals surface area contributed by atoms with E-state index in [4.69, 9.17) is 14.1 Å². The maximum absolute atomic E-state index is 13.4. The molecule has 1 saturated heterocycles. The van der Waals surface area contributed by atoms with Crippen LogP contribution in [0.15, 0.2) is 59.0 Å². The monoisotopic (exact) mass is 422 g/mol. The molecule has 1 aromatic heterocycles. The second-order valence-electron chi connectivity index (χ2n) is 8.84. The first-order chi connectivity index (χ1) is 14.8. The van der Waals surface area contributed by atoms with Crippen LogP contribution < -0.4 is 0 Å². The van der Waals surface area contributed by atoms with E-state index in [1.165, 1.54) is 12.1 Å². The number of piperidine rings is 1. The molecular formula is C25H27FN2O3. The molecule has 0 spiro atoms. The van der Waals surface area contributed by atoms with Gasteiger partial charge in [-0.15, -0.1) is 0 Å². The summed E-state index contributed by atoms with van der Waals surface area (Å²) in [5.41, 5.74) is 1.93. The number of ether oxygens (including phenoxy) is 1. The van der Waals surface area contributed by atoms with E-state index in [1.54, 1.807) is 17.0 Å². The lowest BCUT2D eigenvalue weighted by Gasteiger charge is -2.32. The molecule has 1 aliphatic heterocycles. The number of aromatic nitrogens is 1. The van der Waals surface area contributed by atoms with Gasteiger partial charge in [-0.25, -0.2) is 14.2 Å². The smallest absolute Gasteiger partial charge is 0.410 e. The number of oxazole rings is 1. The van der Waals surface area contributed by atoms with E-state index in [1.807, 2.05) is 51.1 Å². The van der Waals surface area contributed by atoms with Crippen LogP contribution in [-0.4, -0.2) is 34.7 Å². The summed E-state index contributed by atoms with van der Waals surface area (Å²) in [5, 5.41) is 0. The van der Waals surface area contributed by atoms with E-state index in [2.05, 4.69) is 0 Å². The Morgan fingerprint density at radius 3 is 2.29 bits per heavy atom. The van der Waals surface area contributed by atoms with Crippen molar-refractivity contribution < 1.29 is 18.3 Å². The number of hydrogen-bond donors (Lipinski definition) is 0. The van der Waals surface area contributed by atoms with Crippen LogP contribution in [0.25, 0.3) is 22.6 Å². The summed E-state index contributed by atoms with van der Waals surface area (Å²) in [4.78, 5) is 18.9. The summed E-state index contributed by atoms with van der Waals surface area (Å²) in [5.74, 6) is 1.15. The lowest BCUT2D eigenvalue weighted by atomic mass is 9.97. The number of halogens is 1. The first kappa shape index (κ1) is 21.1. The second kappa shape index (κ2) is 8.53. The van der Waals surface area contributed by atoms with E-state index in [-0.39, 0.29) is 17.8 Å². The van der Waals surface area contributed by atoms with Gasteiger partial charge in [-0.1, -0.05) is 30.3 Å². The Labute approximate surface area is 181 Å². The van der Waals surface area contributed by atoms with Gasteiger partial charge in [-0.3, -0.25) is 0 Å². The minimum absolute atomic E-state index is 0.107. The number of carbonyl (C=O) groups excluding carboxylic acids is 1. The molecule has 0 unspecified atom stereocenters. The Hall–Kier alpha value is -3.15. The van der Waals surface area contributed by atoms with Gasteiger partial charge >= 0.3 is 6.09 Å². The third-order valence-electron chi connectivity index (χ3n) is 5.29. The number of likely N-dealkylation sites (tertiary alicyclic amines) is 1. The van der Waals surface area contributed by atoms with E-state index in [0.717, 1.165) is 24.0 Å². The molecular weight excluding hydrogens is 395 g/mol. The van der Waals surface area contributed by atoms with Gasteiger partial charge in [0.05, 0.1) is 0 Å². The average molecular weight is 423 g/mol. The molecule has 4 rings (SSSR count). The first-order valence-electron chi connectivity index (χ1n) is 10.6. The number of amides is 1. The van der Waals surface area contributed by atoms with Crippen molar-refractivity contribution in [3.8, 4) is 22.6 Å². The van der Waals surface area contributed by atoms with Crippen molar-refractivity contribution in [1.82, 2.24) is 9.88 Å². The van der Waals surface area contributed by atoms with Crippen LogP contribution >= 0.6 is 0 Å². The van der Waals surface area contributed by atoms with E-state index in [0.29, 0.717) is 30.4 Å². The predicted molar refractivity (Wildman–Crippen MR) is 117 cm³/mol. The van der Waals surface area contributed by atoms with Crippen LogP contribution in [-0.2, 0) is 4.74 Å². The zero-order chi connectivity index (χ0) is 22.0. The summed E-state index contributed by atoms with van der Waals surface area (Å²) in [6, 6.07) is 16.1. The normalized spacial score (nSPS) is 15.2. The fraction of sp³-hybridized carbons (Fsp3) is 0.360. The largest absolute Gasteiger partial charge is 0.444 e. The zero-order valence-corrected chi connectivity index (χ0v) is 18.1. The standard InChI is InChI=1S/C25H27FN2O3/c1-25(2,3)31-24(29)28-15-13-19(14-16-28)23-27-21(17-9-11-20(26)12-10-17)22(30-23)18-7-5-4-6-8-18/h4-12,19H,13-16H2,1-3H3. The van der Waals surface area contributed by atoms with Gasteiger partial charge in [-0.05, 0) is 57.9 Å². The van der Waals surface area contributed by atoms with Gasteiger partial charge in [0.25, 0.3) is 0 Å². The molecule has 2 heterocycles. The van der Waals surface area contributed by atoms with Crippen molar-refractivity contribution in [1.29, 1.82) is 0 Å². The van der Waals surface area contributed by atoms with Crippen LogP contribution in [0.1, 0.15) is 45.4 Å². The minimum atomic E-state index is -0.509. The predicted octanol–water partition coefficient (Wildman–Crippen LogP) is 6.26. The van der Waals surface area contributed by atoms with Crippen molar-refractivity contribution >= 4 is 6.09 Å². The maximum Gasteiger partial charge on any atom is 0.410 e. The minimum Gasteiger partial charge on any atom is -0.444 e. The molecule has 5 nitrogen and oxygen atoms in total. The Morgan fingerprint density at radius 1 is 1.03 bits per heavy atom. The van der Waals surface area contributed by atoms with Crippen LogP contribution in [0, 0.1) is 5.82 Å². The number of carbonyl (C=O) groups is 1. The van der Waals surface area contributed by atoms with Crippen LogP contribution in [0.3, 0.4) is 0 Å². The molecule has 0 aliphatic carbocycles. The average Bonchev–Trinajstić information content (AvgIpc) is 3.19. The topological polar surface area (TPSA) is 55.6 Å². The maximum atomic E-state index is 13.4. The Balaban J connectivity index is 1.57. The number of benzene rings is 2. The molecule has 6 heteroatoms. The lowest BCUT2D eigenvalue weighted by Crippen LogP contribution is -2.41. The van der Waals surface area contributed by atoms with Crippen molar-refractivity contribution in [3.05, 3.63) is 66.3 Å². The number of rotatable bonds is 3. The van der Waals surface area contributed by atoms with Gasteiger partial charge in [0.15, 0.2) is 11.7 Å².